The Morgan fingerprint density at radius 3 is 2.78 bits per heavy atom. The number of likely N-dealkylation sites (tertiary alicyclic amines) is 2. The van der Waals surface area contributed by atoms with Crippen LogP contribution in [0, 0.1) is 12.3 Å². The van der Waals surface area contributed by atoms with Crippen LogP contribution < -0.4 is 0 Å². The van der Waals surface area contributed by atoms with Crippen LogP contribution in [0.25, 0.3) is 0 Å². The fraction of sp³-hybridized carbons (Fsp3) is 0.733. The Labute approximate surface area is 141 Å². The monoisotopic (exact) mass is 357 g/mol. The molecule has 0 aliphatic carbocycles. The van der Waals surface area contributed by atoms with Gasteiger partial charge in [-0.2, -0.15) is 0 Å². The van der Waals surface area contributed by atoms with Crippen molar-refractivity contribution in [1.82, 2.24) is 14.8 Å². The molecular formula is C15H23N3O3S2. The first kappa shape index (κ1) is 16.9. The van der Waals surface area contributed by atoms with Crippen LogP contribution in [-0.4, -0.2) is 67.3 Å². The molecule has 0 aromatic carbocycles. The van der Waals surface area contributed by atoms with E-state index in [2.05, 4.69) is 9.88 Å². The lowest BCUT2D eigenvalue weighted by Gasteiger charge is -2.53. The second-order valence-corrected chi connectivity index (χ2v) is 10.4. The smallest absolute Gasteiger partial charge is 0.231 e. The summed E-state index contributed by atoms with van der Waals surface area (Å²) in [6.07, 6.45) is 5.07. The highest BCUT2D eigenvalue weighted by molar-refractivity contribution is 7.90. The van der Waals surface area contributed by atoms with Crippen LogP contribution >= 0.6 is 11.3 Å². The number of β-lactam (4-membered cyclic amide) rings is 1. The molecule has 0 radical (unpaired) electrons. The topological polar surface area (TPSA) is 70.6 Å². The van der Waals surface area contributed by atoms with E-state index in [4.69, 9.17) is 0 Å². The van der Waals surface area contributed by atoms with Gasteiger partial charge in [0.1, 0.15) is 9.84 Å². The van der Waals surface area contributed by atoms with Gasteiger partial charge in [0.2, 0.25) is 5.91 Å². The van der Waals surface area contributed by atoms with E-state index >= 15 is 0 Å². The lowest BCUT2D eigenvalue weighted by atomic mass is 9.72. The Balaban J connectivity index is 1.57. The summed E-state index contributed by atoms with van der Waals surface area (Å²) in [7, 11) is -3.02. The molecule has 1 aromatic rings. The van der Waals surface area contributed by atoms with Crippen LogP contribution in [0.2, 0.25) is 0 Å². The molecule has 6 nitrogen and oxygen atoms in total. The van der Waals surface area contributed by atoms with Gasteiger partial charge in [0, 0.05) is 43.5 Å². The van der Waals surface area contributed by atoms with Crippen molar-refractivity contribution < 1.29 is 13.2 Å². The summed E-state index contributed by atoms with van der Waals surface area (Å²) < 4.78 is 22.5. The fourth-order valence-corrected chi connectivity index (χ4v) is 4.96. The van der Waals surface area contributed by atoms with E-state index in [1.54, 1.807) is 16.2 Å². The molecule has 8 heteroatoms. The third kappa shape index (κ3) is 3.75. The zero-order valence-corrected chi connectivity index (χ0v) is 15.3. The van der Waals surface area contributed by atoms with Gasteiger partial charge in [-0.25, -0.2) is 13.4 Å². The first-order chi connectivity index (χ1) is 10.8. The van der Waals surface area contributed by atoms with E-state index in [1.807, 2.05) is 13.1 Å². The molecule has 23 heavy (non-hydrogen) atoms. The van der Waals surface area contributed by atoms with E-state index < -0.39 is 9.84 Å². The van der Waals surface area contributed by atoms with E-state index in [0.29, 0.717) is 13.1 Å². The average molecular weight is 358 g/mol. The van der Waals surface area contributed by atoms with Crippen molar-refractivity contribution in [2.75, 3.05) is 38.2 Å². The molecule has 3 heterocycles. The number of carbonyl (C=O) groups is 1. The first-order valence-electron chi connectivity index (χ1n) is 7.88. The molecule has 2 aliphatic heterocycles. The van der Waals surface area contributed by atoms with Gasteiger partial charge in [0.25, 0.3) is 0 Å². The van der Waals surface area contributed by atoms with E-state index in [9.17, 15) is 13.2 Å². The molecule has 2 aliphatic rings. The zero-order chi connectivity index (χ0) is 16.7. The maximum absolute atomic E-state index is 12.6. The van der Waals surface area contributed by atoms with Gasteiger partial charge < -0.3 is 4.90 Å². The molecule has 0 saturated carbocycles. The maximum atomic E-state index is 12.6. The zero-order valence-electron chi connectivity index (χ0n) is 13.6. The van der Waals surface area contributed by atoms with Crippen LogP contribution in [0.4, 0.5) is 0 Å². The molecule has 128 valence electrons. The molecule has 1 atom stereocenters. The lowest BCUT2D eigenvalue weighted by Crippen LogP contribution is -2.67. The van der Waals surface area contributed by atoms with Crippen molar-refractivity contribution in [3.8, 4) is 0 Å². The molecule has 2 fully saturated rings. The van der Waals surface area contributed by atoms with Crippen molar-refractivity contribution in [3.05, 3.63) is 16.1 Å². The van der Waals surface area contributed by atoms with Crippen molar-refractivity contribution in [2.24, 2.45) is 5.41 Å². The molecular weight excluding hydrogens is 334 g/mol. The largest absolute Gasteiger partial charge is 0.340 e. The molecule has 1 amide bonds. The Kier molecular flexibility index (Phi) is 4.50. The van der Waals surface area contributed by atoms with Crippen molar-refractivity contribution in [1.29, 1.82) is 0 Å². The third-order valence-corrected chi connectivity index (χ3v) is 6.49. The average Bonchev–Trinajstić information content (AvgIpc) is 2.87. The Morgan fingerprint density at radius 2 is 2.17 bits per heavy atom. The van der Waals surface area contributed by atoms with E-state index in [-0.39, 0.29) is 17.1 Å². The summed E-state index contributed by atoms with van der Waals surface area (Å²) in [4.78, 5) is 22.1. The predicted molar refractivity (Wildman–Crippen MR) is 90.1 cm³/mol. The van der Waals surface area contributed by atoms with Gasteiger partial charge in [-0.05, 0) is 26.3 Å². The normalized spacial score (nSPS) is 25.8. The predicted octanol–water partition coefficient (Wildman–Crippen LogP) is 0.921. The minimum atomic E-state index is -3.02. The van der Waals surface area contributed by atoms with Gasteiger partial charge >= 0.3 is 0 Å². The summed E-state index contributed by atoms with van der Waals surface area (Å²) in [6, 6.07) is 0. The van der Waals surface area contributed by atoms with Crippen LogP contribution in [-0.2, 0) is 21.2 Å². The van der Waals surface area contributed by atoms with Crippen LogP contribution in [0.5, 0.6) is 0 Å². The molecule has 0 unspecified atom stereocenters. The number of nitrogens with zero attached hydrogens (tertiary/aromatic N) is 3. The SMILES string of the molecule is Cc1ncc(CN2CCC[C@]3(C2)CN(CCS(C)(=O)=O)C3=O)s1. The van der Waals surface area contributed by atoms with Crippen molar-refractivity contribution >= 4 is 27.1 Å². The number of rotatable bonds is 5. The number of aryl methyl sites for hydroxylation is 1. The summed E-state index contributed by atoms with van der Waals surface area (Å²) in [5, 5.41) is 1.07. The molecule has 0 bridgehead atoms. The van der Waals surface area contributed by atoms with Gasteiger partial charge in [-0.15, -0.1) is 11.3 Å². The summed E-state index contributed by atoms with van der Waals surface area (Å²) >= 11 is 1.70. The highest BCUT2D eigenvalue weighted by atomic mass is 32.2. The van der Waals surface area contributed by atoms with Gasteiger partial charge in [0.15, 0.2) is 0 Å². The van der Waals surface area contributed by atoms with Crippen molar-refractivity contribution in [3.63, 3.8) is 0 Å². The third-order valence-electron chi connectivity index (χ3n) is 4.67. The second kappa shape index (κ2) is 6.14. The molecule has 3 rings (SSSR count). The lowest BCUT2D eigenvalue weighted by molar-refractivity contribution is -0.165. The number of hydrogen-bond donors (Lipinski definition) is 0. The number of piperidine rings is 1. The number of thiazole rings is 1. The van der Waals surface area contributed by atoms with Gasteiger partial charge in [-0.1, -0.05) is 0 Å². The highest BCUT2D eigenvalue weighted by Gasteiger charge is 2.53. The number of carbonyl (C=O) groups excluding carboxylic acids is 1. The van der Waals surface area contributed by atoms with Crippen LogP contribution in [0.15, 0.2) is 6.20 Å². The van der Waals surface area contributed by atoms with Crippen LogP contribution in [0.1, 0.15) is 22.7 Å². The summed E-state index contributed by atoms with van der Waals surface area (Å²) in [6.45, 7) is 5.66. The van der Waals surface area contributed by atoms with Crippen molar-refractivity contribution in [2.45, 2.75) is 26.3 Å². The number of aromatic nitrogens is 1. The minimum Gasteiger partial charge on any atom is -0.340 e. The second-order valence-electron chi connectivity index (χ2n) is 6.80. The fourth-order valence-electron chi connectivity index (χ4n) is 3.57. The number of hydrogen-bond acceptors (Lipinski definition) is 6. The molecule has 2 saturated heterocycles. The number of amides is 1. The standard InChI is InChI=1S/C15H23N3O3S2/c1-12-16-8-13(22-12)9-17-5-3-4-15(10-17)11-18(14(15)19)6-7-23(2,20)21/h8H,3-7,9-11H2,1-2H3/t15-/m0/s1. The summed E-state index contributed by atoms with van der Waals surface area (Å²) in [5.74, 6) is 0.185. The Morgan fingerprint density at radius 1 is 1.39 bits per heavy atom. The first-order valence-corrected chi connectivity index (χ1v) is 10.8. The number of sulfone groups is 1. The highest BCUT2D eigenvalue weighted by Crippen LogP contribution is 2.40. The van der Waals surface area contributed by atoms with E-state index in [0.717, 1.165) is 37.5 Å². The van der Waals surface area contributed by atoms with Crippen LogP contribution in [0.3, 0.4) is 0 Å². The van der Waals surface area contributed by atoms with E-state index in [1.165, 1.54) is 11.1 Å². The molecule has 1 spiro atoms. The minimum absolute atomic E-state index is 0.0542. The van der Waals surface area contributed by atoms with Gasteiger partial charge in [-0.3, -0.25) is 9.69 Å². The maximum Gasteiger partial charge on any atom is 0.231 e. The molecule has 1 aromatic heterocycles. The Hall–Kier alpha value is -0.990. The van der Waals surface area contributed by atoms with Gasteiger partial charge in [0.05, 0.1) is 16.2 Å². The molecule has 0 N–H and O–H groups in total. The quantitative estimate of drug-likeness (QED) is 0.733. The summed E-state index contributed by atoms with van der Waals surface area (Å²) in [5.41, 5.74) is -0.282. The Bertz CT molecular complexity index is 701.